The van der Waals surface area contributed by atoms with Crippen LogP contribution in [0.5, 0.6) is 5.75 Å². The summed E-state index contributed by atoms with van der Waals surface area (Å²) in [5, 5.41) is 3.78. The second-order valence-corrected chi connectivity index (χ2v) is 9.82. The smallest absolute Gasteiger partial charge is 0.244 e. The summed E-state index contributed by atoms with van der Waals surface area (Å²) in [6, 6.07) is 12.2. The summed E-state index contributed by atoms with van der Waals surface area (Å²) in [6.45, 7) is 0. The van der Waals surface area contributed by atoms with E-state index in [0.29, 0.717) is 16.5 Å². The summed E-state index contributed by atoms with van der Waals surface area (Å²) < 4.78 is 31.9. The Morgan fingerprint density at radius 1 is 1.16 bits per heavy atom. The number of nitrogens with one attached hydrogen (secondary N) is 2. The highest BCUT2D eigenvalue weighted by Crippen LogP contribution is 2.36. The molecule has 8 heteroatoms. The highest BCUT2D eigenvalue weighted by molar-refractivity contribution is 7.89. The minimum atomic E-state index is -3.69. The Hall–Kier alpha value is -2.35. The molecule has 0 aromatic heterocycles. The Kier molecular flexibility index (Phi) is 7.75. The van der Waals surface area contributed by atoms with Crippen LogP contribution in [0.3, 0.4) is 0 Å². The van der Waals surface area contributed by atoms with E-state index in [4.69, 9.17) is 16.3 Å². The number of halogens is 1. The van der Waals surface area contributed by atoms with Gasteiger partial charge in [-0.3, -0.25) is 4.79 Å². The zero-order chi connectivity index (χ0) is 22.4. The van der Waals surface area contributed by atoms with Crippen molar-refractivity contribution >= 4 is 33.6 Å². The van der Waals surface area contributed by atoms with E-state index in [2.05, 4.69) is 10.0 Å². The molecule has 0 spiro atoms. The third-order valence-electron chi connectivity index (χ3n) is 5.57. The number of hydrogen-bond acceptors (Lipinski definition) is 4. The summed E-state index contributed by atoms with van der Waals surface area (Å²) in [5.74, 6) is 0.382. The summed E-state index contributed by atoms with van der Waals surface area (Å²) in [7, 11) is -0.944. The van der Waals surface area contributed by atoms with Crippen LogP contribution in [0.2, 0.25) is 5.02 Å². The van der Waals surface area contributed by atoms with Gasteiger partial charge in [0, 0.05) is 11.1 Å². The average molecular weight is 463 g/mol. The molecule has 166 valence electrons. The van der Waals surface area contributed by atoms with Gasteiger partial charge in [-0.25, -0.2) is 13.1 Å². The van der Waals surface area contributed by atoms with Crippen LogP contribution in [-0.2, 0) is 14.8 Å². The fourth-order valence-electron chi connectivity index (χ4n) is 3.92. The van der Waals surface area contributed by atoms with Gasteiger partial charge in [-0.1, -0.05) is 42.6 Å². The molecule has 1 aliphatic carbocycles. The Labute approximate surface area is 188 Å². The van der Waals surface area contributed by atoms with Gasteiger partial charge in [-0.15, -0.1) is 0 Å². The largest absolute Gasteiger partial charge is 0.495 e. The van der Waals surface area contributed by atoms with Gasteiger partial charge in [0.1, 0.15) is 10.6 Å². The third kappa shape index (κ3) is 5.87. The monoisotopic (exact) mass is 462 g/mol. The molecule has 2 N–H and O–H groups in total. The van der Waals surface area contributed by atoms with Crippen molar-refractivity contribution in [1.82, 2.24) is 10.0 Å². The van der Waals surface area contributed by atoms with Gasteiger partial charge >= 0.3 is 0 Å². The normalized spacial score (nSPS) is 15.8. The molecule has 0 bridgehead atoms. The molecule has 3 rings (SSSR count). The Balaban J connectivity index is 1.79. The van der Waals surface area contributed by atoms with Crippen molar-refractivity contribution in [2.45, 2.75) is 36.6 Å². The van der Waals surface area contributed by atoms with Crippen LogP contribution in [0.15, 0.2) is 53.4 Å². The molecule has 0 radical (unpaired) electrons. The maximum Gasteiger partial charge on any atom is 0.244 e. The van der Waals surface area contributed by atoms with Crippen molar-refractivity contribution in [3.8, 4) is 5.75 Å². The van der Waals surface area contributed by atoms with E-state index in [9.17, 15) is 13.2 Å². The number of ether oxygens (including phenoxy) is 1. The van der Waals surface area contributed by atoms with Crippen molar-refractivity contribution in [2.75, 3.05) is 14.2 Å². The fraction of sp³-hybridized carbons (Fsp3) is 0.348. The van der Waals surface area contributed by atoms with Crippen LogP contribution in [0.1, 0.15) is 42.9 Å². The van der Waals surface area contributed by atoms with E-state index in [0.717, 1.165) is 31.2 Å². The molecule has 1 unspecified atom stereocenters. The number of methoxy groups -OCH3 is 1. The predicted molar refractivity (Wildman–Crippen MR) is 123 cm³/mol. The van der Waals surface area contributed by atoms with Crippen LogP contribution in [-0.4, -0.2) is 28.5 Å². The number of benzene rings is 2. The highest BCUT2D eigenvalue weighted by atomic mass is 35.5. The first-order valence-corrected chi connectivity index (χ1v) is 12.1. The van der Waals surface area contributed by atoms with Gasteiger partial charge < -0.3 is 10.1 Å². The topological polar surface area (TPSA) is 84.5 Å². The number of carbonyl (C=O) groups is 1. The van der Waals surface area contributed by atoms with Gasteiger partial charge in [-0.2, -0.15) is 0 Å². The first kappa shape index (κ1) is 23.3. The van der Waals surface area contributed by atoms with E-state index in [1.165, 1.54) is 26.3 Å². The van der Waals surface area contributed by atoms with E-state index in [1.54, 1.807) is 18.2 Å². The molecule has 31 heavy (non-hydrogen) atoms. The summed E-state index contributed by atoms with van der Waals surface area (Å²) in [4.78, 5) is 12.7. The minimum Gasteiger partial charge on any atom is -0.495 e. The molecule has 6 nitrogen and oxygen atoms in total. The van der Waals surface area contributed by atoms with E-state index >= 15 is 0 Å². The Bertz CT molecular complexity index is 1050. The summed E-state index contributed by atoms with van der Waals surface area (Å²) in [5.41, 5.74) is 1.61. The van der Waals surface area contributed by atoms with E-state index in [-0.39, 0.29) is 22.6 Å². The van der Waals surface area contributed by atoms with Crippen molar-refractivity contribution in [2.24, 2.45) is 5.92 Å². The summed E-state index contributed by atoms with van der Waals surface area (Å²) in [6.07, 6.45) is 7.48. The second kappa shape index (κ2) is 10.3. The molecule has 0 aliphatic heterocycles. The summed E-state index contributed by atoms with van der Waals surface area (Å²) >= 11 is 6.02. The quantitative estimate of drug-likeness (QED) is 0.572. The standard InChI is InChI=1S/C23H27ClN2O4S/c1-25-31(28,29)21-15-16(7-13-20(21)30-2)8-14-22(27)26-23(17-5-3-4-6-17)18-9-11-19(24)12-10-18/h7-15,17,23,25H,3-6H2,1-2H3,(H,26,27). The van der Waals surface area contributed by atoms with Crippen LogP contribution in [0, 0.1) is 5.92 Å². The van der Waals surface area contributed by atoms with E-state index in [1.807, 2.05) is 24.3 Å². The highest BCUT2D eigenvalue weighted by Gasteiger charge is 2.27. The molecule has 1 saturated carbocycles. The molecule has 1 fully saturated rings. The van der Waals surface area contributed by atoms with Gasteiger partial charge in [-0.05, 0) is 67.3 Å². The SMILES string of the molecule is CNS(=O)(=O)c1cc(C=CC(=O)NC(c2ccc(Cl)cc2)C2CCCC2)ccc1OC. The first-order valence-electron chi connectivity index (χ1n) is 10.2. The van der Waals surface area contributed by atoms with Crippen LogP contribution in [0.4, 0.5) is 0 Å². The molecule has 1 aliphatic rings. The lowest BCUT2D eigenvalue weighted by atomic mass is 9.91. The average Bonchev–Trinajstić information content (AvgIpc) is 3.31. The number of rotatable bonds is 8. The van der Waals surface area contributed by atoms with Crippen LogP contribution >= 0.6 is 11.6 Å². The molecular formula is C23H27ClN2O4S. The van der Waals surface area contributed by atoms with Crippen LogP contribution in [0.25, 0.3) is 6.08 Å². The molecule has 1 amide bonds. The molecule has 0 saturated heterocycles. The number of carbonyl (C=O) groups excluding carboxylic acids is 1. The number of amides is 1. The molecule has 2 aromatic rings. The number of sulfonamides is 1. The van der Waals surface area contributed by atoms with Gasteiger partial charge in [0.15, 0.2) is 0 Å². The van der Waals surface area contributed by atoms with Gasteiger partial charge in [0.2, 0.25) is 15.9 Å². The lowest BCUT2D eigenvalue weighted by Gasteiger charge is -2.24. The zero-order valence-electron chi connectivity index (χ0n) is 17.6. The first-order chi connectivity index (χ1) is 14.8. The molecule has 1 atom stereocenters. The zero-order valence-corrected chi connectivity index (χ0v) is 19.2. The molecule has 0 heterocycles. The van der Waals surface area contributed by atoms with Crippen molar-refractivity contribution in [1.29, 1.82) is 0 Å². The maximum absolute atomic E-state index is 12.7. The lowest BCUT2D eigenvalue weighted by molar-refractivity contribution is -0.117. The van der Waals surface area contributed by atoms with Gasteiger partial charge in [0.05, 0.1) is 13.2 Å². The predicted octanol–water partition coefficient (Wildman–Crippen LogP) is 4.32. The lowest BCUT2D eigenvalue weighted by Crippen LogP contribution is -2.31. The van der Waals surface area contributed by atoms with Crippen LogP contribution < -0.4 is 14.8 Å². The van der Waals surface area contributed by atoms with Crippen molar-refractivity contribution in [3.05, 3.63) is 64.7 Å². The Morgan fingerprint density at radius 2 is 1.84 bits per heavy atom. The van der Waals surface area contributed by atoms with Crippen molar-refractivity contribution < 1.29 is 17.9 Å². The fourth-order valence-corrected chi connectivity index (χ4v) is 4.98. The van der Waals surface area contributed by atoms with Crippen molar-refractivity contribution in [3.63, 3.8) is 0 Å². The molecular weight excluding hydrogens is 436 g/mol. The third-order valence-corrected chi connectivity index (χ3v) is 7.26. The Morgan fingerprint density at radius 3 is 2.45 bits per heavy atom. The van der Waals surface area contributed by atoms with E-state index < -0.39 is 10.0 Å². The van der Waals surface area contributed by atoms with Gasteiger partial charge in [0.25, 0.3) is 0 Å². The maximum atomic E-state index is 12.7. The molecule has 2 aromatic carbocycles. The number of hydrogen-bond donors (Lipinski definition) is 2. The second-order valence-electron chi connectivity index (χ2n) is 7.53. The minimum absolute atomic E-state index is 0.0186.